The molecular weight excluding hydrogens is 244 g/mol. The molecule has 7 nitrogen and oxygen atoms in total. The van der Waals surface area contributed by atoms with Gasteiger partial charge in [-0.05, 0) is 12.1 Å². The van der Waals surface area contributed by atoms with Gasteiger partial charge in [-0.3, -0.25) is 0 Å². The average molecular weight is 254 g/mol. The molecule has 1 aromatic carbocycles. The topological polar surface area (TPSA) is 91.7 Å². The summed E-state index contributed by atoms with van der Waals surface area (Å²) in [7, 11) is 0. The number of hydrogen-bond donors (Lipinski definition) is 1. The van der Waals surface area contributed by atoms with Gasteiger partial charge < -0.3 is 10.5 Å². The molecule has 0 aliphatic heterocycles. The van der Waals surface area contributed by atoms with Gasteiger partial charge in [0, 0.05) is 6.07 Å². The van der Waals surface area contributed by atoms with Gasteiger partial charge in [-0.2, -0.15) is 4.98 Å². The molecule has 19 heavy (non-hydrogen) atoms. The van der Waals surface area contributed by atoms with Crippen molar-refractivity contribution in [1.29, 1.82) is 0 Å². The molecule has 0 bridgehead atoms. The van der Waals surface area contributed by atoms with Crippen molar-refractivity contribution in [2.24, 2.45) is 0 Å². The summed E-state index contributed by atoms with van der Waals surface area (Å²) in [5, 5.41) is 4.19. The summed E-state index contributed by atoms with van der Waals surface area (Å²) in [4.78, 5) is 11.7. The zero-order valence-corrected chi connectivity index (χ0v) is 9.84. The molecule has 0 spiro atoms. The number of nitrogens with zero attached hydrogens (tertiary/aromatic N) is 5. The van der Waals surface area contributed by atoms with Crippen LogP contribution in [0.15, 0.2) is 49.1 Å². The smallest absolute Gasteiger partial charge is 0.342 e. The van der Waals surface area contributed by atoms with Gasteiger partial charge in [0.15, 0.2) is 0 Å². The van der Waals surface area contributed by atoms with E-state index in [4.69, 9.17) is 10.5 Å². The van der Waals surface area contributed by atoms with Crippen LogP contribution in [0.5, 0.6) is 11.9 Å². The maximum atomic E-state index is 5.53. The Balaban J connectivity index is 1.82. The second-order valence-electron chi connectivity index (χ2n) is 3.69. The van der Waals surface area contributed by atoms with Crippen LogP contribution in [-0.4, -0.2) is 24.7 Å². The molecule has 0 aliphatic carbocycles. The molecule has 2 heterocycles. The van der Waals surface area contributed by atoms with Crippen LogP contribution in [-0.2, 0) is 0 Å². The number of para-hydroxylation sites is 1. The normalized spacial score (nSPS) is 10.3. The molecule has 3 aromatic rings. The first-order valence-corrected chi connectivity index (χ1v) is 5.54. The molecule has 94 valence electrons. The van der Waals surface area contributed by atoms with Crippen LogP contribution < -0.4 is 10.5 Å². The summed E-state index contributed by atoms with van der Waals surface area (Å²) >= 11 is 0. The molecule has 7 heteroatoms. The highest BCUT2D eigenvalue weighted by molar-refractivity contribution is 5.32. The largest absolute Gasteiger partial charge is 0.404 e. The molecule has 0 aliphatic rings. The van der Waals surface area contributed by atoms with E-state index < -0.39 is 0 Å². The fourth-order valence-electron chi connectivity index (χ4n) is 1.50. The molecule has 2 aromatic heterocycles. The lowest BCUT2D eigenvalue weighted by atomic mass is 10.3. The molecule has 0 saturated heterocycles. The highest BCUT2D eigenvalue weighted by Crippen LogP contribution is 2.16. The van der Waals surface area contributed by atoms with Crippen LogP contribution in [0.3, 0.4) is 0 Å². The minimum absolute atomic E-state index is 0.196. The lowest BCUT2D eigenvalue weighted by molar-refractivity contribution is 0.424. The Bertz CT molecular complexity index is 681. The Morgan fingerprint density at radius 2 is 1.89 bits per heavy atom. The van der Waals surface area contributed by atoms with Crippen LogP contribution in [0.4, 0.5) is 5.82 Å². The van der Waals surface area contributed by atoms with Crippen molar-refractivity contribution >= 4 is 5.82 Å². The van der Waals surface area contributed by atoms with Crippen molar-refractivity contribution in [3.63, 3.8) is 0 Å². The lowest BCUT2D eigenvalue weighted by Gasteiger charge is -2.00. The van der Waals surface area contributed by atoms with Crippen molar-refractivity contribution in [2.75, 3.05) is 5.73 Å². The van der Waals surface area contributed by atoms with Gasteiger partial charge >= 0.3 is 6.01 Å². The Hall–Kier alpha value is -2.96. The van der Waals surface area contributed by atoms with Gasteiger partial charge in [-0.15, -0.1) is 5.10 Å². The second kappa shape index (κ2) is 4.73. The van der Waals surface area contributed by atoms with Crippen molar-refractivity contribution in [3.05, 3.63) is 49.1 Å². The molecule has 0 saturated carbocycles. The van der Waals surface area contributed by atoms with Crippen LogP contribution in [0, 0.1) is 0 Å². The molecule has 0 amide bonds. The standard InChI is InChI=1S/C12H10N6O/c13-10-6-11(15-7-14-10)19-12-16-8-18(17-12)9-4-2-1-3-5-9/h1-8H,(H2,13,14,15). The highest BCUT2D eigenvalue weighted by Gasteiger charge is 2.06. The van der Waals surface area contributed by atoms with Crippen molar-refractivity contribution < 1.29 is 4.74 Å². The Kier molecular flexibility index (Phi) is 2.77. The fraction of sp³-hybridized carbons (Fsp3) is 0. The maximum Gasteiger partial charge on any atom is 0.342 e. The first-order chi connectivity index (χ1) is 9.31. The van der Waals surface area contributed by atoms with Crippen LogP contribution >= 0.6 is 0 Å². The molecular formula is C12H10N6O. The lowest BCUT2D eigenvalue weighted by Crippen LogP contribution is -1.96. The Morgan fingerprint density at radius 1 is 1.05 bits per heavy atom. The zero-order chi connectivity index (χ0) is 13.1. The molecule has 3 rings (SSSR count). The molecule has 2 N–H and O–H groups in total. The Labute approximate surface area is 108 Å². The van der Waals surface area contributed by atoms with E-state index in [2.05, 4.69) is 20.1 Å². The fourth-order valence-corrected chi connectivity index (χ4v) is 1.50. The van der Waals surface area contributed by atoms with E-state index in [0.717, 1.165) is 5.69 Å². The first-order valence-electron chi connectivity index (χ1n) is 5.54. The average Bonchev–Trinajstić information content (AvgIpc) is 2.88. The number of rotatable bonds is 3. The van der Waals surface area contributed by atoms with Crippen LogP contribution in [0.25, 0.3) is 5.69 Å². The van der Waals surface area contributed by atoms with Crippen molar-refractivity contribution in [2.45, 2.75) is 0 Å². The molecule has 0 atom stereocenters. The summed E-state index contributed by atoms with van der Waals surface area (Å²) in [5.74, 6) is 0.630. The summed E-state index contributed by atoms with van der Waals surface area (Å²) < 4.78 is 7.00. The first kappa shape index (κ1) is 11.1. The number of ether oxygens (including phenoxy) is 1. The van der Waals surface area contributed by atoms with Crippen molar-refractivity contribution in [1.82, 2.24) is 24.7 Å². The maximum absolute atomic E-state index is 5.53. The third-order valence-electron chi connectivity index (χ3n) is 2.35. The van der Waals surface area contributed by atoms with Crippen LogP contribution in [0.1, 0.15) is 0 Å². The van der Waals surface area contributed by atoms with E-state index in [1.54, 1.807) is 11.0 Å². The number of nitrogens with two attached hydrogens (primary N) is 1. The number of benzene rings is 1. The highest BCUT2D eigenvalue weighted by atomic mass is 16.5. The van der Waals surface area contributed by atoms with Crippen LogP contribution in [0.2, 0.25) is 0 Å². The van der Waals surface area contributed by atoms with E-state index in [-0.39, 0.29) is 6.01 Å². The van der Waals surface area contributed by atoms with Gasteiger partial charge in [0.1, 0.15) is 18.5 Å². The number of nitrogen functional groups attached to an aromatic ring is 1. The molecule has 0 radical (unpaired) electrons. The van der Waals surface area contributed by atoms with Gasteiger partial charge in [0.25, 0.3) is 0 Å². The van der Waals surface area contributed by atoms with Gasteiger partial charge in [0.2, 0.25) is 5.88 Å². The zero-order valence-electron chi connectivity index (χ0n) is 9.84. The number of anilines is 1. The molecule has 0 fully saturated rings. The summed E-state index contributed by atoms with van der Waals surface area (Å²) in [6, 6.07) is 11.3. The van der Waals surface area contributed by atoms with E-state index in [1.165, 1.54) is 12.4 Å². The van der Waals surface area contributed by atoms with E-state index in [9.17, 15) is 0 Å². The predicted octanol–water partition coefficient (Wildman–Crippen LogP) is 1.43. The Morgan fingerprint density at radius 3 is 2.68 bits per heavy atom. The van der Waals surface area contributed by atoms with E-state index in [1.807, 2.05) is 30.3 Å². The van der Waals surface area contributed by atoms with E-state index in [0.29, 0.717) is 11.7 Å². The van der Waals surface area contributed by atoms with Crippen molar-refractivity contribution in [3.8, 4) is 17.6 Å². The SMILES string of the molecule is Nc1cc(Oc2ncn(-c3ccccc3)n2)ncn1. The minimum Gasteiger partial charge on any atom is -0.404 e. The summed E-state index contributed by atoms with van der Waals surface area (Å²) in [6.45, 7) is 0. The molecule has 0 unspecified atom stereocenters. The summed E-state index contributed by atoms with van der Waals surface area (Å²) in [6.07, 6.45) is 2.88. The summed E-state index contributed by atoms with van der Waals surface area (Å²) in [5.41, 5.74) is 6.43. The van der Waals surface area contributed by atoms with E-state index >= 15 is 0 Å². The van der Waals surface area contributed by atoms with Gasteiger partial charge in [-0.25, -0.2) is 14.6 Å². The monoisotopic (exact) mass is 254 g/mol. The predicted molar refractivity (Wildman–Crippen MR) is 67.9 cm³/mol. The second-order valence-corrected chi connectivity index (χ2v) is 3.69. The number of aromatic nitrogens is 5. The third-order valence-corrected chi connectivity index (χ3v) is 2.35. The quantitative estimate of drug-likeness (QED) is 0.760. The third kappa shape index (κ3) is 2.49. The number of hydrogen-bond acceptors (Lipinski definition) is 6. The minimum atomic E-state index is 0.196. The van der Waals surface area contributed by atoms with Gasteiger partial charge in [-0.1, -0.05) is 18.2 Å². The van der Waals surface area contributed by atoms with Gasteiger partial charge in [0.05, 0.1) is 5.69 Å².